The Kier molecular flexibility index (Phi) is 5.84. The summed E-state index contributed by atoms with van der Waals surface area (Å²) in [5.41, 5.74) is -0.824. The molecule has 0 bridgehead atoms. The van der Waals surface area contributed by atoms with Crippen molar-refractivity contribution < 1.29 is 19.4 Å². The number of hydrogen-bond donors (Lipinski definition) is 0. The molecule has 0 unspecified atom stereocenters. The van der Waals surface area contributed by atoms with Crippen molar-refractivity contribution >= 4 is 29.1 Å². The lowest BCUT2D eigenvalue weighted by atomic mass is 10.1. The van der Waals surface area contributed by atoms with Crippen LogP contribution in [0.5, 0.6) is 0 Å². The Bertz CT molecular complexity index is 652. The van der Waals surface area contributed by atoms with Crippen LogP contribution in [0.3, 0.4) is 0 Å². The fraction of sp³-hybridized carbons (Fsp3) is 0.0909. The zero-order valence-electron chi connectivity index (χ0n) is 10.3. The van der Waals surface area contributed by atoms with Gasteiger partial charge in [0, 0.05) is 24.3 Å². The monoisotopic (exact) mass is 309 g/mol. The molecule has 0 N–H and O–H groups in total. The molecule has 0 saturated carbocycles. The second kappa shape index (κ2) is 7.61. The van der Waals surface area contributed by atoms with Crippen LogP contribution in [0.1, 0.15) is 5.56 Å². The summed E-state index contributed by atoms with van der Waals surface area (Å²) in [5, 5.41) is 32.6. The number of thioether (sulfide) groups is 1. The van der Waals surface area contributed by atoms with E-state index < -0.39 is 22.4 Å². The molecule has 0 saturated heterocycles. The van der Waals surface area contributed by atoms with Crippen molar-refractivity contribution in [3.05, 3.63) is 55.5 Å². The Hall–Kier alpha value is -2.93. The molecule has 0 amide bonds. The molecule has 0 aliphatic rings. The van der Waals surface area contributed by atoms with Gasteiger partial charge in [0.05, 0.1) is 15.4 Å². The van der Waals surface area contributed by atoms with Crippen molar-refractivity contribution in [2.24, 2.45) is 0 Å². The van der Waals surface area contributed by atoms with Crippen LogP contribution < -0.4 is 0 Å². The van der Waals surface area contributed by atoms with Gasteiger partial charge in [0.25, 0.3) is 11.4 Å². The van der Waals surface area contributed by atoms with E-state index in [4.69, 9.17) is 10.00 Å². The third kappa shape index (κ3) is 4.92. The summed E-state index contributed by atoms with van der Waals surface area (Å²) in [4.78, 5) is 31.2. The van der Waals surface area contributed by atoms with Crippen molar-refractivity contribution in [3.8, 4) is 5.40 Å². The largest absolute Gasteiger partial charge is 0.457 e. The number of nitro benzene ring substituents is 2. The minimum Gasteiger partial charge on any atom is -0.457 e. The lowest BCUT2D eigenvalue weighted by Crippen LogP contribution is -2.04. The topological polar surface area (TPSA) is 136 Å². The Morgan fingerprint density at radius 3 is 2.67 bits per heavy atom. The average molecular weight is 309 g/mol. The Labute approximate surface area is 122 Å². The number of rotatable bonds is 6. The number of ether oxygens (including phenoxy) is 1. The highest BCUT2D eigenvalue weighted by atomic mass is 32.2. The predicted octanol–water partition coefficient (Wildman–Crippen LogP) is 2.27. The molecule has 9 nitrogen and oxygen atoms in total. The van der Waals surface area contributed by atoms with Gasteiger partial charge in [-0.3, -0.25) is 20.2 Å². The molecule has 10 heteroatoms. The van der Waals surface area contributed by atoms with Gasteiger partial charge in [-0.15, -0.1) is 0 Å². The Morgan fingerprint density at radius 1 is 1.38 bits per heavy atom. The lowest BCUT2D eigenvalue weighted by molar-refractivity contribution is -0.389. The number of nitrogens with zero attached hydrogens (tertiary/aromatic N) is 3. The lowest BCUT2D eigenvalue weighted by Gasteiger charge is -2.03. The third-order valence-electron chi connectivity index (χ3n) is 2.17. The van der Waals surface area contributed by atoms with E-state index in [2.05, 4.69) is 0 Å². The predicted molar refractivity (Wildman–Crippen MR) is 71.9 cm³/mol. The van der Waals surface area contributed by atoms with E-state index in [0.29, 0.717) is 11.8 Å². The van der Waals surface area contributed by atoms with E-state index in [-0.39, 0.29) is 16.9 Å². The number of carbonyl (C=O) groups is 1. The van der Waals surface area contributed by atoms with Crippen LogP contribution in [0.25, 0.3) is 0 Å². The second-order valence-electron chi connectivity index (χ2n) is 3.45. The van der Waals surface area contributed by atoms with Gasteiger partial charge in [-0.2, -0.15) is 5.26 Å². The molecule has 1 aromatic carbocycles. The van der Waals surface area contributed by atoms with E-state index in [0.717, 1.165) is 24.3 Å². The summed E-state index contributed by atoms with van der Waals surface area (Å²) < 4.78 is 4.72. The van der Waals surface area contributed by atoms with E-state index in [1.54, 1.807) is 5.40 Å². The van der Waals surface area contributed by atoms with Crippen molar-refractivity contribution in [2.75, 3.05) is 0 Å². The molecule has 0 spiro atoms. The van der Waals surface area contributed by atoms with Gasteiger partial charge in [0.15, 0.2) is 0 Å². The van der Waals surface area contributed by atoms with Gasteiger partial charge in [0.1, 0.15) is 12.0 Å². The minimum atomic E-state index is -0.821. The van der Waals surface area contributed by atoms with Gasteiger partial charge in [-0.1, -0.05) is 0 Å². The molecule has 0 radical (unpaired) electrons. The van der Waals surface area contributed by atoms with Crippen molar-refractivity contribution in [1.29, 1.82) is 5.26 Å². The van der Waals surface area contributed by atoms with Gasteiger partial charge in [0.2, 0.25) is 0 Å². The first kappa shape index (κ1) is 16.1. The first-order valence-electron chi connectivity index (χ1n) is 5.25. The van der Waals surface area contributed by atoms with Crippen LogP contribution in [-0.2, 0) is 16.1 Å². The molecule has 108 valence electrons. The molecular weight excluding hydrogens is 302 g/mol. The standard InChI is InChI=1S/C11H7N3O6S/c12-7-21-4-3-11(15)20-6-8-5-9(13(16)17)1-2-10(8)14(18)19/h1-5H,6H2/b4-3+. The molecule has 0 heterocycles. The number of nitriles is 1. The number of hydrogen-bond acceptors (Lipinski definition) is 8. The first-order chi connectivity index (χ1) is 9.95. The van der Waals surface area contributed by atoms with Crippen LogP contribution in [0.15, 0.2) is 29.7 Å². The minimum absolute atomic E-state index is 0.0936. The second-order valence-corrected chi connectivity index (χ2v) is 4.14. The summed E-state index contributed by atoms with van der Waals surface area (Å²) in [6.45, 7) is -0.488. The number of benzene rings is 1. The number of thiocyanates is 1. The van der Waals surface area contributed by atoms with Crippen molar-refractivity contribution in [1.82, 2.24) is 0 Å². The highest BCUT2D eigenvalue weighted by Crippen LogP contribution is 2.24. The summed E-state index contributed by atoms with van der Waals surface area (Å²) in [7, 11) is 0. The highest BCUT2D eigenvalue weighted by molar-refractivity contribution is 8.06. The Morgan fingerprint density at radius 2 is 2.10 bits per heavy atom. The van der Waals surface area contributed by atoms with Gasteiger partial charge >= 0.3 is 5.97 Å². The van der Waals surface area contributed by atoms with Crippen molar-refractivity contribution in [2.45, 2.75) is 6.61 Å². The fourth-order valence-electron chi connectivity index (χ4n) is 1.30. The summed E-state index contributed by atoms with van der Waals surface area (Å²) in [6.07, 6.45) is 0.969. The van der Waals surface area contributed by atoms with Gasteiger partial charge in [-0.05, 0) is 17.2 Å². The maximum Gasteiger partial charge on any atom is 0.331 e. The van der Waals surface area contributed by atoms with E-state index in [1.807, 2.05) is 0 Å². The SMILES string of the molecule is N#CS/C=C/C(=O)OCc1cc([N+](=O)[O-])ccc1[N+](=O)[O-]. The summed E-state index contributed by atoms with van der Waals surface area (Å²) >= 11 is 0.699. The average Bonchev–Trinajstić information content (AvgIpc) is 2.44. The number of nitro groups is 2. The highest BCUT2D eigenvalue weighted by Gasteiger charge is 2.19. The molecule has 0 atom stereocenters. The normalized spacial score (nSPS) is 10.0. The molecule has 0 aliphatic carbocycles. The zero-order valence-corrected chi connectivity index (χ0v) is 11.1. The Balaban J connectivity index is 2.88. The maximum atomic E-state index is 11.3. The molecule has 1 aromatic rings. The van der Waals surface area contributed by atoms with E-state index in [1.165, 1.54) is 5.41 Å². The van der Waals surface area contributed by atoms with Crippen LogP contribution in [0, 0.1) is 30.9 Å². The molecule has 1 rings (SSSR count). The molecule has 0 fully saturated rings. The van der Waals surface area contributed by atoms with E-state index in [9.17, 15) is 25.0 Å². The first-order valence-corrected chi connectivity index (χ1v) is 6.13. The van der Waals surface area contributed by atoms with Crippen LogP contribution >= 0.6 is 11.8 Å². The number of esters is 1. The van der Waals surface area contributed by atoms with E-state index >= 15 is 0 Å². The quantitative estimate of drug-likeness (QED) is 0.256. The number of non-ortho nitro benzene ring substituents is 1. The van der Waals surface area contributed by atoms with Crippen LogP contribution in [0.2, 0.25) is 0 Å². The van der Waals surface area contributed by atoms with Crippen LogP contribution in [-0.4, -0.2) is 15.8 Å². The molecule has 0 aromatic heterocycles. The molecular formula is C11H7N3O6S. The number of carbonyl (C=O) groups excluding carboxylic acids is 1. The summed E-state index contributed by atoms with van der Waals surface area (Å²) in [6, 6.07) is 2.94. The van der Waals surface area contributed by atoms with Crippen LogP contribution in [0.4, 0.5) is 11.4 Å². The summed E-state index contributed by atoms with van der Waals surface area (Å²) in [5.74, 6) is -0.821. The maximum absolute atomic E-state index is 11.3. The molecule has 21 heavy (non-hydrogen) atoms. The van der Waals surface area contributed by atoms with Gasteiger partial charge < -0.3 is 4.74 Å². The van der Waals surface area contributed by atoms with Crippen molar-refractivity contribution in [3.63, 3.8) is 0 Å². The smallest absolute Gasteiger partial charge is 0.331 e. The third-order valence-corrected chi connectivity index (χ3v) is 2.54. The fourth-order valence-corrected chi connectivity index (χ4v) is 1.54. The van der Waals surface area contributed by atoms with Gasteiger partial charge in [-0.25, -0.2) is 4.79 Å². The zero-order chi connectivity index (χ0) is 15.8. The molecule has 0 aliphatic heterocycles.